The lowest BCUT2D eigenvalue weighted by atomic mass is 10.1. The Hall–Kier alpha value is -2.79. The van der Waals surface area contributed by atoms with Gasteiger partial charge in [-0.15, -0.1) is 0 Å². The number of nitrogens with one attached hydrogen (secondary N) is 1. The van der Waals surface area contributed by atoms with Gasteiger partial charge in [0.05, 0.1) is 19.0 Å². The molecule has 5 atom stereocenters. The van der Waals surface area contributed by atoms with Crippen molar-refractivity contribution in [3.63, 3.8) is 0 Å². The molecule has 0 spiro atoms. The first-order valence-corrected chi connectivity index (χ1v) is 9.33. The van der Waals surface area contributed by atoms with Gasteiger partial charge < -0.3 is 30.1 Å². The van der Waals surface area contributed by atoms with E-state index in [1.807, 2.05) is 37.3 Å². The average Bonchev–Trinajstić information content (AvgIpc) is 3.29. The van der Waals surface area contributed by atoms with Gasteiger partial charge in [0, 0.05) is 0 Å². The van der Waals surface area contributed by atoms with E-state index < -0.39 is 31.1 Å². The van der Waals surface area contributed by atoms with Crippen molar-refractivity contribution >= 4 is 17.0 Å². The zero-order chi connectivity index (χ0) is 20.4. The van der Waals surface area contributed by atoms with Gasteiger partial charge in [-0.1, -0.05) is 18.2 Å². The van der Waals surface area contributed by atoms with E-state index in [0.29, 0.717) is 23.6 Å². The van der Waals surface area contributed by atoms with Gasteiger partial charge in [0.1, 0.15) is 37.0 Å². The summed E-state index contributed by atoms with van der Waals surface area (Å²) in [6.45, 7) is 1.98. The lowest BCUT2D eigenvalue weighted by molar-refractivity contribution is -0.0511. The molecule has 1 aliphatic rings. The molecular weight excluding hydrogens is 378 g/mol. The molecule has 1 unspecified atom stereocenters. The Morgan fingerprint density at radius 2 is 1.97 bits per heavy atom. The number of hydrogen-bond donors (Lipinski definition) is 4. The molecule has 4 rings (SSSR count). The fraction of sp³-hybridized carbons (Fsp3) is 0.421. The van der Waals surface area contributed by atoms with Gasteiger partial charge in [0.25, 0.3) is 0 Å². The van der Waals surface area contributed by atoms with Crippen molar-refractivity contribution in [1.29, 1.82) is 0 Å². The summed E-state index contributed by atoms with van der Waals surface area (Å²) < 4.78 is 12.8. The number of para-hydroxylation sites is 1. The fourth-order valence-corrected chi connectivity index (χ4v) is 3.27. The molecule has 1 fully saturated rings. The summed E-state index contributed by atoms with van der Waals surface area (Å²) in [5.74, 6) is 1.30. The summed E-state index contributed by atoms with van der Waals surface area (Å²) in [6, 6.07) is 9.45. The second-order valence-electron chi connectivity index (χ2n) is 6.94. The molecule has 0 saturated carbocycles. The highest BCUT2D eigenvalue weighted by Crippen LogP contribution is 2.32. The molecule has 10 heteroatoms. The molecular formula is C19H23N5O5. The van der Waals surface area contributed by atoms with Crippen LogP contribution in [0.3, 0.4) is 0 Å². The van der Waals surface area contributed by atoms with Crippen LogP contribution in [0.5, 0.6) is 5.75 Å². The van der Waals surface area contributed by atoms with Gasteiger partial charge in [-0.25, -0.2) is 15.0 Å². The summed E-state index contributed by atoms with van der Waals surface area (Å²) in [7, 11) is 0. The molecule has 4 N–H and O–H groups in total. The van der Waals surface area contributed by atoms with Gasteiger partial charge in [0.15, 0.2) is 23.2 Å². The van der Waals surface area contributed by atoms with Crippen LogP contribution in [0.1, 0.15) is 13.2 Å². The minimum Gasteiger partial charge on any atom is -0.491 e. The zero-order valence-electron chi connectivity index (χ0n) is 15.8. The second-order valence-corrected chi connectivity index (χ2v) is 6.94. The molecule has 29 heavy (non-hydrogen) atoms. The number of hydrogen-bond acceptors (Lipinski definition) is 9. The van der Waals surface area contributed by atoms with E-state index in [2.05, 4.69) is 20.3 Å². The van der Waals surface area contributed by atoms with Gasteiger partial charge in [-0.3, -0.25) is 4.57 Å². The normalized spacial score (nSPS) is 25.2. The van der Waals surface area contributed by atoms with Crippen LogP contribution >= 0.6 is 0 Å². The smallest absolute Gasteiger partial charge is 0.167 e. The van der Waals surface area contributed by atoms with Crippen molar-refractivity contribution in [3.8, 4) is 5.75 Å². The van der Waals surface area contributed by atoms with Crippen molar-refractivity contribution in [2.24, 2.45) is 0 Å². The minimum atomic E-state index is -1.21. The van der Waals surface area contributed by atoms with E-state index in [0.717, 1.165) is 5.75 Å². The molecule has 0 radical (unpaired) electrons. The third-order valence-corrected chi connectivity index (χ3v) is 4.78. The van der Waals surface area contributed by atoms with Crippen LogP contribution in [-0.4, -0.2) is 72.4 Å². The summed E-state index contributed by atoms with van der Waals surface area (Å²) >= 11 is 0. The molecule has 2 aromatic heterocycles. The van der Waals surface area contributed by atoms with Crippen molar-refractivity contribution in [2.45, 2.75) is 37.5 Å². The molecule has 154 valence electrons. The Kier molecular flexibility index (Phi) is 5.58. The van der Waals surface area contributed by atoms with Crippen LogP contribution in [0.15, 0.2) is 43.0 Å². The Bertz CT molecular complexity index is 953. The van der Waals surface area contributed by atoms with E-state index >= 15 is 0 Å². The summed E-state index contributed by atoms with van der Waals surface area (Å²) in [5.41, 5.74) is 0.935. The molecule has 3 heterocycles. The topological polar surface area (TPSA) is 135 Å². The number of anilines is 1. The molecule has 1 saturated heterocycles. The average molecular weight is 401 g/mol. The van der Waals surface area contributed by atoms with Crippen LogP contribution in [0, 0.1) is 0 Å². The molecule has 10 nitrogen and oxygen atoms in total. The van der Waals surface area contributed by atoms with Gasteiger partial charge in [-0.05, 0) is 19.1 Å². The van der Waals surface area contributed by atoms with Crippen molar-refractivity contribution in [2.75, 3.05) is 18.5 Å². The Balaban J connectivity index is 1.50. The molecule has 1 aromatic carbocycles. The maximum absolute atomic E-state index is 10.3. The van der Waals surface area contributed by atoms with Crippen molar-refractivity contribution < 1.29 is 24.8 Å². The third kappa shape index (κ3) is 3.87. The first-order chi connectivity index (χ1) is 14.1. The number of nitrogens with zero attached hydrogens (tertiary/aromatic N) is 4. The van der Waals surface area contributed by atoms with Crippen molar-refractivity contribution in [3.05, 3.63) is 43.0 Å². The van der Waals surface area contributed by atoms with Crippen LogP contribution in [0.25, 0.3) is 11.2 Å². The summed E-state index contributed by atoms with van der Waals surface area (Å²) in [6.07, 6.45) is -1.34. The molecule has 1 aliphatic heterocycles. The highest BCUT2D eigenvalue weighted by Gasteiger charge is 2.44. The SMILES string of the molecule is CC(COc1ccccc1)Nc1ncnc2c1ncn2[C@@H]1O[C@H](CO)[C@@H](O)[C@H]1O. The number of ether oxygens (including phenoxy) is 2. The number of rotatable bonds is 7. The number of aliphatic hydroxyl groups is 3. The predicted molar refractivity (Wildman–Crippen MR) is 103 cm³/mol. The number of fused-ring (bicyclic) bond motifs is 1. The van der Waals surface area contributed by atoms with Crippen molar-refractivity contribution in [1.82, 2.24) is 19.5 Å². The van der Waals surface area contributed by atoms with E-state index in [-0.39, 0.29) is 6.04 Å². The third-order valence-electron chi connectivity index (χ3n) is 4.78. The van der Waals surface area contributed by atoms with E-state index in [1.165, 1.54) is 17.2 Å². The largest absolute Gasteiger partial charge is 0.491 e. The maximum atomic E-state index is 10.3. The predicted octanol–water partition coefficient (Wildman–Crippen LogP) is 0.317. The minimum absolute atomic E-state index is 0.0626. The van der Waals surface area contributed by atoms with Gasteiger partial charge in [-0.2, -0.15) is 0 Å². The highest BCUT2D eigenvalue weighted by atomic mass is 16.6. The zero-order valence-corrected chi connectivity index (χ0v) is 15.8. The second kappa shape index (κ2) is 8.29. The first-order valence-electron chi connectivity index (χ1n) is 9.33. The lowest BCUT2D eigenvalue weighted by Crippen LogP contribution is -2.33. The number of aliphatic hydroxyl groups excluding tert-OH is 3. The fourth-order valence-electron chi connectivity index (χ4n) is 3.27. The monoisotopic (exact) mass is 401 g/mol. The molecule has 3 aromatic rings. The number of imidazole rings is 1. The Morgan fingerprint density at radius 3 is 2.69 bits per heavy atom. The standard InChI is InChI=1S/C19H23N5O5/c1-11(8-28-12-5-3-2-4-6-12)23-17-14-18(21-9-20-17)24(10-22-14)19-16(27)15(26)13(7-25)29-19/h2-6,9-11,13,15-16,19,25-27H,7-8H2,1H3,(H,20,21,23)/t11?,13-,15-,16-,19-/m1/s1. The van der Waals surface area contributed by atoms with Crippen LogP contribution in [0.4, 0.5) is 5.82 Å². The van der Waals surface area contributed by atoms with E-state index in [4.69, 9.17) is 9.47 Å². The van der Waals surface area contributed by atoms with E-state index in [9.17, 15) is 15.3 Å². The molecule has 0 bridgehead atoms. The molecule has 0 amide bonds. The van der Waals surface area contributed by atoms with Gasteiger partial charge in [0.2, 0.25) is 0 Å². The summed E-state index contributed by atoms with van der Waals surface area (Å²) in [5, 5.41) is 32.8. The first kappa shape index (κ1) is 19.5. The highest BCUT2D eigenvalue weighted by molar-refractivity contribution is 5.82. The molecule has 0 aliphatic carbocycles. The van der Waals surface area contributed by atoms with Crippen LogP contribution < -0.4 is 10.1 Å². The van der Waals surface area contributed by atoms with Crippen LogP contribution in [0.2, 0.25) is 0 Å². The van der Waals surface area contributed by atoms with Crippen LogP contribution in [-0.2, 0) is 4.74 Å². The number of benzene rings is 1. The quantitative estimate of drug-likeness (QED) is 0.441. The maximum Gasteiger partial charge on any atom is 0.167 e. The number of aromatic nitrogens is 4. The summed E-state index contributed by atoms with van der Waals surface area (Å²) in [4.78, 5) is 12.8. The van der Waals surface area contributed by atoms with E-state index in [1.54, 1.807) is 0 Å². The van der Waals surface area contributed by atoms with Gasteiger partial charge >= 0.3 is 0 Å². The lowest BCUT2D eigenvalue weighted by Gasteiger charge is -2.17. The Labute approximate surface area is 166 Å². The Morgan fingerprint density at radius 1 is 1.17 bits per heavy atom.